The zero-order valence-corrected chi connectivity index (χ0v) is 15.3. The highest BCUT2D eigenvalue weighted by Crippen LogP contribution is 2.38. The molecule has 1 aliphatic carbocycles. The van der Waals surface area contributed by atoms with Gasteiger partial charge in [-0.3, -0.25) is 9.58 Å². The number of aromatic nitrogens is 4. The van der Waals surface area contributed by atoms with Crippen LogP contribution in [0.15, 0.2) is 24.7 Å². The number of piperidine rings is 1. The molecular weight excluding hydrogens is 312 g/mol. The summed E-state index contributed by atoms with van der Waals surface area (Å²) in [7, 11) is 2.18. The molecule has 2 aromatic rings. The molecule has 25 heavy (non-hydrogen) atoms. The van der Waals surface area contributed by atoms with Crippen molar-refractivity contribution < 1.29 is 0 Å². The summed E-state index contributed by atoms with van der Waals surface area (Å²) in [6, 6.07) is 2.58. The zero-order chi connectivity index (χ0) is 17.2. The van der Waals surface area contributed by atoms with Gasteiger partial charge in [-0.15, -0.1) is 0 Å². The van der Waals surface area contributed by atoms with Gasteiger partial charge in [0.05, 0.1) is 12.7 Å². The summed E-state index contributed by atoms with van der Waals surface area (Å²) in [5, 5.41) is 4.40. The molecule has 0 N–H and O–H groups in total. The average Bonchev–Trinajstić information content (AvgIpc) is 3.42. The first-order valence-corrected chi connectivity index (χ1v) is 9.46. The molecule has 2 aliphatic rings. The van der Waals surface area contributed by atoms with Gasteiger partial charge in [0.1, 0.15) is 11.6 Å². The Morgan fingerprint density at radius 3 is 2.88 bits per heavy atom. The van der Waals surface area contributed by atoms with E-state index in [9.17, 15) is 0 Å². The Bertz CT molecular complexity index is 707. The van der Waals surface area contributed by atoms with Crippen molar-refractivity contribution in [1.29, 1.82) is 0 Å². The Balaban J connectivity index is 1.36. The second-order valence-corrected chi connectivity index (χ2v) is 7.54. The van der Waals surface area contributed by atoms with Gasteiger partial charge in [-0.2, -0.15) is 5.10 Å². The maximum absolute atomic E-state index is 4.81. The Morgan fingerprint density at radius 2 is 2.12 bits per heavy atom. The molecule has 1 atom stereocenters. The number of anilines is 1. The highest BCUT2D eigenvalue weighted by atomic mass is 15.3. The Hall–Kier alpha value is -1.95. The molecule has 0 aromatic carbocycles. The summed E-state index contributed by atoms with van der Waals surface area (Å²) < 4.78 is 2.05. The van der Waals surface area contributed by atoms with Crippen molar-refractivity contribution in [3.8, 4) is 0 Å². The minimum atomic E-state index is 0.523. The van der Waals surface area contributed by atoms with E-state index in [0.29, 0.717) is 12.0 Å². The molecule has 1 unspecified atom stereocenters. The molecule has 6 heteroatoms. The second kappa shape index (κ2) is 7.12. The summed E-state index contributed by atoms with van der Waals surface area (Å²) in [5.74, 6) is 2.71. The summed E-state index contributed by atoms with van der Waals surface area (Å²) in [6.45, 7) is 6.39. The largest absolute Gasteiger partial charge is 0.355 e. The van der Waals surface area contributed by atoms with E-state index in [1.54, 1.807) is 0 Å². The van der Waals surface area contributed by atoms with Crippen LogP contribution in [-0.4, -0.2) is 57.4 Å². The SMILES string of the molecule is Cc1cnn(CCN2CCCC(N(C)c3ccnc(C4CC4)n3)C2)c1. The molecule has 1 saturated carbocycles. The number of likely N-dealkylation sites (N-methyl/N-ethyl adjacent to an activating group) is 1. The first-order chi connectivity index (χ1) is 12.2. The van der Waals surface area contributed by atoms with E-state index in [-0.39, 0.29) is 0 Å². The van der Waals surface area contributed by atoms with Gasteiger partial charge in [0.25, 0.3) is 0 Å². The van der Waals surface area contributed by atoms with Gasteiger partial charge in [-0.05, 0) is 50.8 Å². The standard InChI is InChI=1S/C19H28N6/c1-15-12-21-25(13-15)11-10-24-9-3-4-17(14-24)23(2)18-7-8-20-19(22-18)16-5-6-16/h7-8,12-13,16-17H,3-6,9-11,14H2,1-2H3. The summed E-state index contributed by atoms with van der Waals surface area (Å²) in [4.78, 5) is 14.2. The number of rotatable bonds is 6. The first kappa shape index (κ1) is 16.5. The number of hydrogen-bond acceptors (Lipinski definition) is 5. The monoisotopic (exact) mass is 340 g/mol. The first-order valence-electron chi connectivity index (χ1n) is 9.46. The highest BCUT2D eigenvalue weighted by molar-refractivity contribution is 5.38. The highest BCUT2D eigenvalue weighted by Gasteiger charge is 2.28. The van der Waals surface area contributed by atoms with Crippen LogP contribution in [0.2, 0.25) is 0 Å². The maximum Gasteiger partial charge on any atom is 0.133 e. The summed E-state index contributed by atoms with van der Waals surface area (Å²) >= 11 is 0. The normalized spacial score (nSPS) is 21.4. The third-order valence-corrected chi connectivity index (χ3v) is 5.40. The van der Waals surface area contributed by atoms with Crippen LogP contribution in [-0.2, 0) is 6.54 Å². The van der Waals surface area contributed by atoms with Gasteiger partial charge < -0.3 is 4.90 Å². The van der Waals surface area contributed by atoms with Crippen LogP contribution in [0, 0.1) is 6.92 Å². The molecule has 134 valence electrons. The van der Waals surface area contributed by atoms with Crippen LogP contribution in [0.4, 0.5) is 5.82 Å². The van der Waals surface area contributed by atoms with Crippen LogP contribution >= 0.6 is 0 Å². The third kappa shape index (κ3) is 4.00. The Kier molecular flexibility index (Phi) is 4.70. The van der Waals surface area contributed by atoms with Crippen molar-refractivity contribution in [2.75, 3.05) is 31.6 Å². The predicted octanol–water partition coefficient (Wildman–Crippen LogP) is 2.46. The van der Waals surface area contributed by atoms with Crippen LogP contribution in [0.1, 0.15) is 43.0 Å². The van der Waals surface area contributed by atoms with Gasteiger partial charge in [0, 0.05) is 44.5 Å². The summed E-state index contributed by atoms with van der Waals surface area (Å²) in [6.07, 6.45) is 10.9. The van der Waals surface area contributed by atoms with Crippen molar-refractivity contribution in [1.82, 2.24) is 24.6 Å². The predicted molar refractivity (Wildman–Crippen MR) is 98.8 cm³/mol. The Labute approximate surface area is 149 Å². The lowest BCUT2D eigenvalue weighted by Gasteiger charge is -2.38. The Morgan fingerprint density at radius 1 is 1.24 bits per heavy atom. The second-order valence-electron chi connectivity index (χ2n) is 7.54. The average molecular weight is 340 g/mol. The lowest BCUT2D eigenvalue weighted by Crippen LogP contribution is -2.47. The minimum absolute atomic E-state index is 0.523. The van der Waals surface area contributed by atoms with E-state index in [1.807, 2.05) is 12.4 Å². The zero-order valence-electron chi connectivity index (χ0n) is 15.3. The van der Waals surface area contributed by atoms with E-state index in [2.05, 4.69) is 50.8 Å². The van der Waals surface area contributed by atoms with E-state index >= 15 is 0 Å². The lowest BCUT2D eigenvalue weighted by molar-refractivity contribution is 0.197. The molecule has 4 rings (SSSR count). The minimum Gasteiger partial charge on any atom is -0.355 e. The number of aryl methyl sites for hydroxylation is 1. The van der Waals surface area contributed by atoms with E-state index < -0.39 is 0 Å². The molecule has 0 amide bonds. The van der Waals surface area contributed by atoms with Crippen molar-refractivity contribution in [3.63, 3.8) is 0 Å². The van der Waals surface area contributed by atoms with Gasteiger partial charge in [0.2, 0.25) is 0 Å². The van der Waals surface area contributed by atoms with E-state index in [0.717, 1.165) is 31.3 Å². The van der Waals surface area contributed by atoms with Crippen molar-refractivity contribution in [2.45, 2.75) is 51.1 Å². The van der Waals surface area contributed by atoms with Gasteiger partial charge in [0.15, 0.2) is 0 Å². The van der Waals surface area contributed by atoms with Gasteiger partial charge in [-0.25, -0.2) is 9.97 Å². The van der Waals surface area contributed by atoms with Crippen LogP contribution in [0.25, 0.3) is 0 Å². The smallest absolute Gasteiger partial charge is 0.133 e. The molecule has 1 aliphatic heterocycles. The van der Waals surface area contributed by atoms with Crippen molar-refractivity contribution in [3.05, 3.63) is 36.0 Å². The molecular formula is C19H28N6. The number of nitrogens with zero attached hydrogens (tertiary/aromatic N) is 6. The number of likely N-dealkylation sites (tertiary alicyclic amines) is 1. The fourth-order valence-electron chi connectivity index (χ4n) is 3.67. The van der Waals surface area contributed by atoms with E-state index in [1.165, 1.54) is 37.8 Å². The summed E-state index contributed by atoms with van der Waals surface area (Å²) in [5.41, 5.74) is 1.23. The lowest BCUT2D eigenvalue weighted by atomic mass is 10.0. The molecule has 1 saturated heterocycles. The molecule has 0 spiro atoms. The topological polar surface area (TPSA) is 50.1 Å². The molecule has 2 fully saturated rings. The molecule has 0 bridgehead atoms. The van der Waals surface area contributed by atoms with Crippen LogP contribution in [0.3, 0.4) is 0 Å². The fourth-order valence-corrected chi connectivity index (χ4v) is 3.67. The van der Waals surface area contributed by atoms with Crippen molar-refractivity contribution >= 4 is 5.82 Å². The van der Waals surface area contributed by atoms with Crippen molar-refractivity contribution in [2.24, 2.45) is 0 Å². The van der Waals surface area contributed by atoms with Gasteiger partial charge in [-0.1, -0.05) is 0 Å². The molecule has 2 aromatic heterocycles. The molecule has 0 radical (unpaired) electrons. The van der Waals surface area contributed by atoms with Crippen LogP contribution < -0.4 is 4.90 Å². The fraction of sp³-hybridized carbons (Fsp3) is 0.632. The van der Waals surface area contributed by atoms with E-state index in [4.69, 9.17) is 4.98 Å². The molecule has 6 nitrogen and oxygen atoms in total. The maximum atomic E-state index is 4.81. The van der Waals surface area contributed by atoms with Gasteiger partial charge >= 0.3 is 0 Å². The van der Waals surface area contributed by atoms with Crippen LogP contribution in [0.5, 0.6) is 0 Å². The number of hydrogen-bond donors (Lipinski definition) is 0. The third-order valence-electron chi connectivity index (χ3n) is 5.40. The quantitative estimate of drug-likeness (QED) is 0.808. The molecule has 3 heterocycles.